The Morgan fingerprint density at radius 1 is 1.12 bits per heavy atom. The van der Waals surface area contributed by atoms with E-state index < -0.39 is 38.3 Å². The van der Waals surface area contributed by atoms with Crippen LogP contribution in [0.5, 0.6) is 0 Å². The maximum atomic E-state index is 13.1. The number of carbonyl (C=O) groups is 1. The molecule has 0 radical (unpaired) electrons. The lowest BCUT2D eigenvalue weighted by Crippen LogP contribution is -2.39. The molecule has 0 aliphatic heterocycles. The molecule has 0 amide bonds. The van der Waals surface area contributed by atoms with Crippen molar-refractivity contribution in [3.63, 3.8) is 0 Å². The number of sulfone groups is 1. The van der Waals surface area contributed by atoms with Gasteiger partial charge in [-0.3, -0.25) is 4.79 Å². The Kier molecular flexibility index (Phi) is 3.90. The van der Waals surface area contributed by atoms with E-state index in [1.54, 1.807) is 0 Å². The van der Waals surface area contributed by atoms with E-state index in [1.807, 2.05) is 0 Å². The van der Waals surface area contributed by atoms with Crippen molar-refractivity contribution in [1.29, 1.82) is 0 Å². The molecule has 1 fully saturated rings. The van der Waals surface area contributed by atoms with Crippen LogP contribution in [0.4, 0.5) is 4.39 Å². The van der Waals surface area contributed by atoms with Crippen LogP contribution < -0.4 is 5.73 Å². The Labute approximate surface area is 142 Å². The summed E-state index contributed by atoms with van der Waals surface area (Å²) in [5.41, 5.74) is 4.31. The van der Waals surface area contributed by atoms with Crippen molar-refractivity contribution >= 4 is 27.4 Å². The summed E-state index contributed by atoms with van der Waals surface area (Å²) in [4.78, 5) is 11.5. The highest BCUT2D eigenvalue weighted by atomic mass is 35.5. The first-order valence-electron chi connectivity index (χ1n) is 6.96. The van der Waals surface area contributed by atoms with Crippen molar-refractivity contribution in [3.8, 4) is 0 Å². The number of hydrogen-bond donors (Lipinski definition) is 2. The molecule has 1 saturated carbocycles. The van der Waals surface area contributed by atoms with Crippen molar-refractivity contribution in [1.82, 2.24) is 0 Å². The topological polar surface area (TPSA) is 97.5 Å². The number of aliphatic carboxylic acids is 1. The van der Waals surface area contributed by atoms with Crippen LogP contribution in [0.3, 0.4) is 0 Å². The van der Waals surface area contributed by atoms with Gasteiger partial charge in [0.2, 0.25) is 0 Å². The van der Waals surface area contributed by atoms with E-state index in [9.17, 15) is 22.7 Å². The lowest BCUT2D eigenvalue weighted by molar-refractivity contribution is -0.139. The van der Waals surface area contributed by atoms with Crippen molar-refractivity contribution in [3.05, 3.63) is 64.9 Å². The van der Waals surface area contributed by atoms with Gasteiger partial charge in [0.05, 0.1) is 4.90 Å². The lowest BCUT2D eigenvalue weighted by Gasteiger charge is -2.06. The Bertz CT molecular complexity index is 899. The average Bonchev–Trinajstić information content (AvgIpc) is 3.17. The van der Waals surface area contributed by atoms with Gasteiger partial charge in [0.1, 0.15) is 16.6 Å². The first-order valence-corrected chi connectivity index (χ1v) is 8.88. The van der Waals surface area contributed by atoms with Crippen molar-refractivity contribution in [2.75, 3.05) is 0 Å². The summed E-state index contributed by atoms with van der Waals surface area (Å²) in [6.07, 6.45) is 0. The molecule has 3 rings (SSSR count). The van der Waals surface area contributed by atoms with Crippen LogP contribution in [-0.2, 0) is 14.6 Å². The minimum atomic E-state index is -4.00. The molecule has 126 valence electrons. The number of hydrogen-bond acceptors (Lipinski definition) is 4. The van der Waals surface area contributed by atoms with E-state index in [1.165, 1.54) is 36.4 Å². The minimum Gasteiger partial charge on any atom is -0.480 e. The second-order valence-electron chi connectivity index (χ2n) is 5.69. The third kappa shape index (κ3) is 2.49. The highest BCUT2D eigenvalue weighted by Crippen LogP contribution is 2.55. The predicted octanol–water partition coefficient (Wildman–Crippen LogP) is 2.20. The largest absolute Gasteiger partial charge is 0.480 e. The Morgan fingerprint density at radius 2 is 1.67 bits per heavy atom. The number of carboxylic acid groups (broad SMARTS) is 1. The molecule has 5 nitrogen and oxygen atoms in total. The molecule has 3 atom stereocenters. The molecule has 0 heterocycles. The van der Waals surface area contributed by atoms with Gasteiger partial charge in [-0.05, 0) is 42.0 Å². The molecular weight excluding hydrogens is 357 g/mol. The van der Waals surface area contributed by atoms with Crippen LogP contribution >= 0.6 is 11.6 Å². The van der Waals surface area contributed by atoms with E-state index >= 15 is 0 Å². The summed E-state index contributed by atoms with van der Waals surface area (Å²) in [5.74, 6) is -2.88. The summed E-state index contributed by atoms with van der Waals surface area (Å²) < 4.78 is 38.7. The number of nitrogens with two attached hydrogens (primary N) is 1. The highest BCUT2D eigenvalue weighted by Gasteiger charge is 2.74. The Balaban J connectivity index is 2.06. The molecule has 8 heteroatoms. The first kappa shape index (κ1) is 16.9. The van der Waals surface area contributed by atoms with Crippen molar-refractivity contribution in [2.24, 2.45) is 5.73 Å². The van der Waals surface area contributed by atoms with E-state index in [-0.39, 0.29) is 4.90 Å². The minimum absolute atomic E-state index is 0.0578. The van der Waals surface area contributed by atoms with Gasteiger partial charge in [0.25, 0.3) is 0 Å². The summed E-state index contributed by atoms with van der Waals surface area (Å²) in [5, 5.41) is 8.46. The van der Waals surface area contributed by atoms with Gasteiger partial charge in [0, 0.05) is 10.9 Å². The van der Waals surface area contributed by atoms with Crippen LogP contribution in [0.1, 0.15) is 11.5 Å². The molecular formula is C16H13ClFNO4S. The fourth-order valence-electron chi connectivity index (χ4n) is 2.96. The zero-order valence-electron chi connectivity index (χ0n) is 12.2. The van der Waals surface area contributed by atoms with Gasteiger partial charge in [-0.2, -0.15) is 0 Å². The second kappa shape index (κ2) is 5.54. The molecule has 0 unspecified atom stereocenters. The lowest BCUT2D eigenvalue weighted by atomic mass is 10.1. The molecule has 2 aromatic rings. The standard InChI is InChI=1S/C16H13ClFNO4S/c17-10-3-7-12(8-4-10)24(22,23)14-13(16(14,19)15(20)21)9-1-5-11(18)6-2-9/h1-8,13-14H,19H2,(H,20,21)/t13-,14-,16-/m0/s1. The van der Waals surface area contributed by atoms with Gasteiger partial charge in [-0.1, -0.05) is 23.7 Å². The highest BCUT2D eigenvalue weighted by molar-refractivity contribution is 7.92. The molecule has 3 N–H and O–H groups in total. The zero-order valence-corrected chi connectivity index (χ0v) is 13.8. The molecule has 1 aliphatic rings. The fraction of sp³-hybridized carbons (Fsp3) is 0.188. The molecule has 1 aliphatic carbocycles. The quantitative estimate of drug-likeness (QED) is 0.861. The fourth-order valence-corrected chi connectivity index (χ4v) is 5.31. The van der Waals surface area contributed by atoms with Crippen LogP contribution in [0, 0.1) is 5.82 Å². The van der Waals surface area contributed by atoms with Gasteiger partial charge >= 0.3 is 5.97 Å². The van der Waals surface area contributed by atoms with E-state index in [2.05, 4.69) is 0 Å². The second-order valence-corrected chi connectivity index (χ2v) is 8.19. The summed E-state index contributed by atoms with van der Waals surface area (Å²) in [7, 11) is -4.00. The van der Waals surface area contributed by atoms with Crippen LogP contribution in [0.2, 0.25) is 5.02 Å². The Hall–Kier alpha value is -1.96. The van der Waals surface area contributed by atoms with Crippen molar-refractivity contribution < 1.29 is 22.7 Å². The van der Waals surface area contributed by atoms with Crippen LogP contribution in [0.25, 0.3) is 0 Å². The molecule has 0 aromatic heterocycles. The number of benzene rings is 2. The van der Waals surface area contributed by atoms with Crippen LogP contribution in [-0.4, -0.2) is 30.3 Å². The SMILES string of the molecule is N[C@@]1(C(=O)O)[C@@H](c2ccc(F)cc2)[C@@H]1S(=O)(=O)c1ccc(Cl)cc1. The smallest absolute Gasteiger partial charge is 0.325 e. The molecule has 0 bridgehead atoms. The Morgan fingerprint density at radius 3 is 2.17 bits per heavy atom. The van der Waals surface area contributed by atoms with E-state index in [0.29, 0.717) is 10.6 Å². The maximum Gasteiger partial charge on any atom is 0.325 e. The van der Waals surface area contributed by atoms with Crippen LogP contribution in [0.15, 0.2) is 53.4 Å². The van der Waals surface area contributed by atoms with Gasteiger partial charge in [0.15, 0.2) is 9.84 Å². The van der Waals surface area contributed by atoms with Crippen molar-refractivity contribution in [2.45, 2.75) is 21.6 Å². The summed E-state index contributed by atoms with van der Waals surface area (Å²) in [6.45, 7) is 0. The third-order valence-electron chi connectivity index (χ3n) is 4.26. The number of halogens is 2. The van der Waals surface area contributed by atoms with Gasteiger partial charge in [-0.15, -0.1) is 0 Å². The normalized spacial score (nSPS) is 26.1. The zero-order chi connectivity index (χ0) is 17.7. The maximum absolute atomic E-state index is 13.1. The van der Waals surface area contributed by atoms with E-state index in [4.69, 9.17) is 17.3 Å². The van der Waals surface area contributed by atoms with Gasteiger partial charge < -0.3 is 10.8 Å². The van der Waals surface area contributed by atoms with E-state index in [0.717, 1.165) is 12.1 Å². The number of carboxylic acids is 1. The van der Waals surface area contributed by atoms with Gasteiger partial charge in [-0.25, -0.2) is 12.8 Å². The third-order valence-corrected chi connectivity index (χ3v) is 6.77. The predicted molar refractivity (Wildman–Crippen MR) is 86.1 cm³/mol. The monoisotopic (exact) mass is 369 g/mol. The molecule has 0 saturated heterocycles. The molecule has 2 aromatic carbocycles. The molecule has 0 spiro atoms. The first-order chi connectivity index (χ1) is 11.2. The molecule has 24 heavy (non-hydrogen) atoms. The number of rotatable bonds is 4. The summed E-state index contributed by atoms with van der Waals surface area (Å²) in [6, 6.07) is 10.4. The summed E-state index contributed by atoms with van der Waals surface area (Å²) >= 11 is 5.75. The average molecular weight is 370 g/mol.